The van der Waals surface area contributed by atoms with Gasteiger partial charge in [-0.1, -0.05) is 76.6 Å². The molecule has 0 unspecified atom stereocenters. The largest absolute Gasteiger partial charge is 0.422 e. The summed E-state index contributed by atoms with van der Waals surface area (Å²) in [7, 11) is 0. The van der Waals surface area contributed by atoms with E-state index < -0.39 is 0 Å². The van der Waals surface area contributed by atoms with Gasteiger partial charge in [-0.3, -0.25) is 0 Å². The van der Waals surface area contributed by atoms with Crippen LogP contribution in [0.25, 0.3) is 32.3 Å². The molecule has 5 aromatic rings. The van der Waals surface area contributed by atoms with Crippen LogP contribution in [0, 0.1) is 0 Å². The highest BCUT2D eigenvalue weighted by Crippen LogP contribution is 2.36. The summed E-state index contributed by atoms with van der Waals surface area (Å²) in [5, 5.41) is 6.01. The first-order chi connectivity index (χ1) is 13.7. The van der Waals surface area contributed by atoms with Gasteiger partial charge in [-0.2, -0.15) is 0 Å². The van der Waals surface area contributed by atoms with Gasteiger partial charge in [-0.05, 0) is 51.9 Å². The zero-order valence-electron chi connectivity index (χ0n) is 14.9. The lowest BCUT2D eigenvalue weighted by molar-refractivity contribution is 0.0739. The van der Waals surface area contributed by atoms with Crippen molar-refractivity contribution in [1.82, 2.24) is 0 Å². The average molecular weight is 427 g/mol. The average Bonchev–Trinajstić information content (AvgIpc) is 2.73. The molecule has 0 aliphatic rings. The molecule has 134 valence electrons. The summed E-state index contributed by atoms with van der Waals surface area (Å²) in [6, 6.07) is 29.7. The molecule has 0 amide bonds. The quantitative estimate of drug-likeness (QED) is 0.170. The Bertz CT molecular complexity index is 1370. The molecule has 0 atom stereocenters. The Balaban J connectivity index is 1.66. The van der Waals surface area contributed by atoms with E-state index in [2.05, 4.69) is 22.0 Å². The maximum atomic E-state index is 13.0. The Hall–Kier alpha value is -3.17. The van der Waals surface area contributed by atoms with E-state index in [1.54, 1.807) is 0 Å². The van der Waals surface area contributed by atoms with Crippen LogP contribution in [0.4, 0.5) is 0 Å². The number of carbonyl (C=O) groups excluding carboxylic acids is 1. The van der Waals surface area contributed by atoms with Crippen LogP contribution in [-0.2, 0) is 0 Å². The van der Waals surface area contributed by atoms with E-state index in [1.165, 1.54) is 0 Å². The van der Waals surface area contributed by atoms with Crippen molar-refractivity contribution in [3.63, 3.8) is 0 Å². The first-order valence-corrected chi connectivity index (χ1v) is 9.80. The number of carbonyl (C=O) groups is 1. The zero-order chi connectivity index (χ0) is 19.1. The van der Waals surface area contributed by atoms with Gasteiger partial charge in [0.05, 0.1) is 5.56 Å². The van der Waals surface area contributed by atoms with Crippen molar-refractivity contribution in [2.24, 2.45) is 0 Å². The van der Waals surface area contributed by atoms with E-state index in [9.17, 15) is 4.79 Å². The van der Waals surface area contributed by atoms with Crippen molar-refractivity contribution < 1.29 is 9.53 Å². The predicted octanol–water partition coefficient (Wildman–Crippen LogP) is 7.13. The van der Waals surface area contributed by atoms with E-state index in [4.69, 9.17) is 4.74 Å². The highest BCUT2D eigenvalue weighted by atomic mass is 79.9. The summed E-state index contributed by atoms with van der Waals surface area (Å²) in [4.78, 5) is 13.0. The molecule has 3 heteroatoms. The third kappa shape index (κ3) is 2.94. The van der Waals surface area contributed by atoms with Crippen molar-refractivity contribution in [2.75, 3.05) is 0 Å². The van der Waals surface area contributed by atoms with Gasteiger partial charge >= 0.3 is 5.97 Å². The number of hydrogen-bond acceptors (Lipinski definition) is 2. The van der Waals surface area contributed by atoms with Gasteiger partial charge in [0.25, 0.3) is 0 Å². The van der Waals surface area contributed by atoms with Gasteiger partial charge in [-0.15, -0.1) is 0 Å². The van der Waals surface area contributed by atoms with Crippen LogP contribution in [-0.4, -0.2) is 5.97 Å². The van der Waals surface area contributed by atoms with Crippen LogP contribution in [0.1, 0.15) is 10.4 Å². The maximum absolute atomic E-state index is 13.0. The summed E-state index contributed by atoms with van der Waals surface area (Å²) < 4.78 is 6.91. The summed E-state index contributed by atoms with van der Waals surface area (Å²) in [5.41, 5.74) is 0.537. The Morgan fingerprint density at radius 2 is 1.32 bits per heavy atom. The summed E-state index contributed by atoms with van der Waals surface area (Å²) in [5.74, 6) is 0.232. The molecule has 0 saturated heterocycles. The second-order valence-corrected chi connectivity index (χ2v) is 7.66. The van der Waals surface area contributed by atoms with Crippen LogP contribution in [0.15, 0.2) is 95.5 Å². The molecule has 0 fully saturated rings. The molecule has 28 heavy (non-hydrogen) atoms. The minimum atomic E-state index is -0.358. The molecule has 0 aliphatic carbocycles. The molecular weight excluding hydrogens is 412 g/mol. The highest BCUT2D eigenvalue weighted by Gasteiger charge is 2.15. The Kier molecular flexibility index (Phi) is 4.10. The van der Waals surface area contributed by atoms with Crippen molar-refractivity contribution >= 4 is 54.2 Å². The SMILES string of the molecule is O=C(Oc1c2ccccc2cc2ccc(Br)cc12)c1ccc2ccccc2c1. The van der Waals surface area contributed by atoms with Crippen LogP contribution >= 0.6 is 15.9 Å². The fourth-order valence-electron chi connectivity index (χ4n) is 3.57. The number of rotatable bonds is 2. The van der Waals surface area contributed by atoms with Crippen molar-refractivity contribution in [2.45, 2.75) is 0 Å². The van der Waals surface area contributed by atoms with Gasteiger partial charge < -0.3 is 4.74 Å². The minimum absolute atomic E-state index is 0.358. The van der Waals surface area contributed by atoms with Crippen molar-refractivity contribution in [1.29, 1.82) is 0 Å². The third-order valence-corrected chi connectivity index (χ3v) is 5.45. The Morgan fingerprint density at radius 1 is 0.643 bits per heavy atom. The van der Waals surface area contributed by atoms with E-state index in [0.29, 0.717) is 11.3 Å². The first-order valence-electron chi connectivity index (χ1n) is 9.01. The summed E-state index contributed by atoms with van der Waals surface area (Å²) in [6.45, 7) is 0. The topological polar surface area (TPSA) is 26.3 Å². The first kappa shape index (κ1) is 17.0. The standard InChI is InChI=1S/C25H15BrO2/c26-21-12-11-19-14-18-7-3-4-8-22(18)24(23(19)15-21)28-25(27)20-10-9-16-5-1-2-6-17(16)13-20/h1-15H. The molecular formula is C25H15BrO2. The molecule has 0 bridgehead atoms. The molecule has 5 aromatic carbocycles. The molecule has 0 heterocycles. The molecule has 5 rings (SSSR count). The van der Waals surface area contributed by atoms with Gasteiger partial charge in [-0.25, -0.2) is 4.79 Å². The number of fused-ring (bicyclic) bond motifs is 3. The lowest BCUT2D eigenvalue weighted by Crippen LogP contribution is -2.09. The minimum Gasteiger partial charge on any atom is -0.422 e. The van der Waals surface area contributed by atoms with Gasteiger partial charge in [0, 0.05) is 15.2 Å². The summed E-state index contributed by atoms with van der Waals surface area (Å²) in [6.07, 6.45) is 0. The van der Waals surface area contributed by atoms with Gasteiger partial charge in [0.2, 0.25) is 0 Å². The summed E-state index contributed by atoms with van der Waals surface area (Å²) >= 11 is 3.53. The fourth-order valence-corrected chi connectivity index (χ4v) is 3.93. The van der Waals surface area contributed by atoms with Crippen molar-refractivity contribution in [3.8, 4) is 5.75 Å². The third-order valence-electron chi connectivity index (χ3n) is 4.96. The van der Waals surface area contributed by atoms with Crippen LogP contribution < -0.4 is 4.74 Å². The molecule has 0 aliphatic heterocycles. The van der Waals surface area contributed by atoms with E-state index in [1.807, 2.05) is 84.9 Å². The molecule has 0 radical (unpaired) electrons. The van der Waals surface area contributed by atoms with Crippen LogP contribution in [0.3, 0.4) is 0 Å². The van der Waals surface area contributed by atoms with E-state index in [-0.39, 0.29) is 5.97 Å². The number of esters is 1. The lowest BCUT2D eigenvalue weighted by atomic mass is 10.0. The smallest absolute Gasteiger partial charge is 0.343 e. The molecule has 0 spiro atoms. The lowest BCUT2D eigenvalue weighted by Gasteiger charge is -2.12. The zero-order valence-corrected chi connectivity index (χ0v) is 16.4. The molecule has 2 nitrogen and oxygen atoms in total. The van der Waals surface area contributed by atoms with Crippen molar-refractivity contribution in [3.05, 3.63) is 101 Å². The van der Waals surface area contributed by atoms with Crippen LogP contribution in [0.5, 0.6) is 5.75 Å². The highest BCUT2D eigenvalue weighted by molar-refractivity contribution is 9.10. The number of hydrogen-bond donors (Lipinski definition) is 0. The van der Waals surface area contributed by atoms with Crippen LogP contribution in [0.2, 0.25) is 0 Å². The molecule has 0 N–H and O–H groups in total. The number of benzene rings is 5. The second-order valence-electron chi connectivity index (χ2n) is 6.74. The monoisotopic (exact) mass is 426 g/mol. The second kappa shape index (κ2) is 6.77. The fraction of sp³-hybridized carbons (Fsp3) is 0. The van der Waals surface area contributed by atoms with E-state index in [0.717, 1.165) is 36.8 Å². The normalized spacial score (nSPS) is 11.2. The molecule has 0 saturated carbocycles. The molecule has 0 aromatic heterocycles. The predicted molar refractivity (Wildman–Crippen MR) is 118 cm³/mol. The van der Waals surface area contributed by atoms with Gasteiger partial charge in [0.1, 0.15) is 5.75 Å². The maximum Gasteiger partial charge on any atom is 0.343 e. The Labute approximate surface area is 170 Å². The van der Waals surface area contributed by atoms with Gasteiger partial charge in [0.15, 0.2) is 0 Å². The number of halogens is 1. The number of ether oxygens (including phenoxy) is 1. The Morgan fingerprint density at radius 3 is 2.18 bits per heavy atom. The van der Waals surface area contributed by atoms with E-state index >= 15 is 0 Å².